The van der Waals surface area contributed by atoms with Crippen LogP contribution in [0.5, 0.6) is 23.0 Å². The fraction of sp³-hybridized carbons (Fsp3) is 0.138. The zero-order valence-electron chi connectivity index (χ0n) is 19.1. The Kier molecular flexibility index (Phi) is 7.06. The van der Waals surface area contributed by atoms with Crippen LogP contribution in [-0.4, -0.2) is 12.0 Å². The summed E-state index contributed by atoms with van der Waals surface area (Å²) in [5.74, 6) is 3.29. The summed E-state index contributed by atoms with van der Waals surface area (Å²) in [7, 11) is 0. The van der Waals surface area contributed by atoms with Crippen LogP contribution < -0.4 is 14.2 Å². The van der Waals surface area contributed by atoms with Gasteiger partial charge in [0.1, 0.15) is 23.0 Å². The third-order valence-corrected chi connectivity index (χ3v) is 4.93. The smallest absolute Gasteiger partial charge is 0.236 e. The number of rotatable bonds is 7. The van der Waals surface area contributed by atoms with Gasteiger partial charge in [0.05, 0.1) is 5.69 Å². The molecule has 1 unspecified atom stereocenters. The Morgan fingerprint density at radius 1 is 0.636 bits per heavy atom. The molecule has 0 heterocycles. The molecule has 4 nitrogen and oxygen atoms in total. The van der Waals surface area contributed by atoms with Crippen molar-refractivity contribution in [3.05, 3.63) is 114 Å². The van der Waals surface area contributed by atoms with Gasteiger partial charge < -0.3 is 14.2 Å². The summed E-state index contributed by atoms with van der Waals surface area (Å²) in [6.45, 7) is 6.01. The van der Waals surface area contributed by atoms with E-state index < -0.39 is 6.10 Å². The Labute approximate surface area is 195 Å². The lowest BCUT2D eigenvalue weighted by Crippen LogP contribution is -2.28. The minimum atomic E-state index is -0.410. The molecule has 0 aliphatic heterocycles. The second kappa shape index (κ2) is 10.5. The summed E-state index contributed by atoms with van der Waals surface area (Å²) in [5.41, 5.74) is 3.10. The Hall–Kier alpha value is -4.05. The van der Waals surface area contributed by atoms with Crippen LogP contribution in [0.1, 0.15) is 18.1 Å². The van der Waals surface area contributed by atoms with Crippen molar-refractivity contribution in [3.63, 3.8) is 0 Å². The number of nitrogens with zero attached hydrogens (tertiary/aromatic N) is 1. The fourth-order valence-electron chi connectivity index (χ4n) is 3.23. The molecule has 1 atom stereocenters. The Morgan fingerprint density at radius 3 is 2.06 bits per heavy atom. The van der Waals surface area contributed by atoms with Crippen LogP contribution in [0.15, 0.2) is 108 Å². The van der Waals surface area contributed by atoms with Gasteiger partial charge in [0.25, 0.3) is 0 Å². The van der Waals surface area contributed by atoms with Crippen molar-refractivity contribution in [2.24, 2.45) is 4.99 Å². The lowest BCUT2D eigenvalue weighted by molar-refractivity contribution is 0.262. The van der Waals surface area contributed by atoms with E-state index in [-0.39, 0.29) is 0 Å². The van der Waals surface area contributed by atoms with Crippen LogP contribution in [0.4, 0.5) is 5.69 Å². The van der Waals surface area contributed by atoms with Gasteiger partial charge >= 0.3 is 0 Å². The molecule has 0 aliphatic carbocycles. The molecule has 166 valence electrons. The van der Waals surface area contributed by atoms with Crippen molar-refractivity contribution in [1.29, 1.82) is 0 Å². The second-order valence-corrected chi connectivity index (χ2v) is 7.85. The van der Waals surface area contributed by atoms with Crippen LogP contribution in [0.25, 0.3) is 0 Å². The Morgan fingerprint density at radius 2 is 1.30 bits per heavy atom. The molecule has 0 aliphatic rings. The van der Waals surface area contributed by atoms with Crippen molar-refractivity contribution in [2.75, 3.05) is 0 Å². The first-order valence-corrected chi connectivity index (χ1v) is 10.9. The lowest BCUT2D eigenvalue weighted by atomic mass is 10.2. The largest absolute Gasteiger partial charge is 0.481 e. The molecular weight excluding hydrogens is 410 g/mol. The van der Waals surface area contributed by atoms with Crippen LogP contribution in [0.3, 0.4) is 0 Å². The van der Waals surface area contributed by atoms with E-state index in [9.17, 15) is 0 Å². The molecule has 0 radical (unpaired) electrons. The molecule has 4 aromatic rings. The van der Waals surface area contributed by atoms with Gasteiger partial charge in [-0.1, -0.05) is 54.1 Å². The monoisotopic (exact) mass is 437 g/mol. The van der Waals surface area contributed by atoms with E-state index in [2.05, 4.69) is 0 Å². The third kappa shape index (κ3) is 6.47. The predicted octanol–water partition coefficient (Wildman–Crippen LogP) is 7.67. The molecule has 4 heteroatoms. The molecule has 4 aromatic carbocycles. The molecule has 0 amide bonds. The van der Waals surface area contributed by atoms with E-state index in [0.717, 1.165) is 22.7 Å². The van der Waals surface area contributed by atoms with Crippen molar-refractivity contribution in [2.45, 2.75) is 26.9 Å². The topological polar surface area (TPSA) is 40.0 Å². The van der Waals surface area contributed by atoms with E-state index in [1.54, 1.807) is 0 Å². The maximum absolute atomic E-state index is 6.24. The van der Waals surface area contributed by atoms with Crippen LogP contribution in [-0.2, 0) is 0 Å². The van der Waals surface area contributed by atoms with Gasteiger partial charge in [-0.05, 0) is 74.9 Å². The number of aliphatic imine (C=N–C) groups is 1. The SMILES string of the molecule is Cc1ccc(N=C(Oc2cccc(Oc3ccccc3)c2)C(C)Oc2cccc(C)c2)cc1. The standard InChI is InChI=1S/C29H27NO3/c1-21-15-17-24(18-16-21)30-29(23(3)31-26-12-7-9-22(2)19-26)33-28-14-8-13-27(20-28)32-25-10-5-4-6-11-25/h4-20,23H,1-3H3. The van der Waals surface area contributed by atoms with Crippen molar-refractivity contribution < 1.29 is 14.2 Å². The van der Waals surface area contributed by atoms with Gasteiger partial charge in [-0.2, -0.15) is 0 Å². The quantitative estimate of drug-likeness (QED) is 0.220. The molecule has 0 N–H and O–H groups in total. The number of ether oxygens (including phenoxy) is 3. The van der Waals surface area contributed by atoms with Gasteiger partial charge in [0.15, 0.2) is 6.10 Å². The summed E-state index contributed by atoms with van der Waals surface area (Å²) < 4.78 is 18.4. The predicted molar refractivity (Wildman–Crippen MR) is 133 cm³/mol. The molecule has 0 saturated heterocycles. The van der Waals surface area contributed by atoms with Gasteiger partial charge in [-0.25, -0.2) is 4.99 Å². The summed E-state index contributed by atoms with van der Waals surface area (Å²) in [6, 6.07) is 33.1. The number of para-hydroxylation sites is 1. The molecule has 0 aromatic heterocycles. The van der Waals surface area contributed by atoms with Gasteiger partial charge in [-0.3, -0.25) is 0 Å². The van der Waals surface area contributed by atoms with E-state index >= 15 is 0 Å². The van der Waals surface area contributed by atoms with E-state index in [4.69, 9.17) is 19.2 Å². The zero-order valence-corrected chi connectivity index (χ0v) is 19.1. The average Bonchev–Trinajstić information content (AvgIpc) is 2.81. The Bertz CT molecular complexity index is 1220. The first-order valence-electron chi connectivity index (χ1n) is 10.9. The highest BCUT2D eigenvalue weighted by molar-refractivity contribution is 5.85. The molecule has 0 fully saturated rings. The fourth-order valence-corrected chi connectivity index (χ4v) is 3.23. The average molecular weight is 438 g/mol. The van der Waals surface area contributed by atoms with Gasteiger partial charge in [0.2, 0.25) is 5.90 Å². The summed E-state index contributed by atoms with van der Waals surface area (Å²) in [6.07, 6.45) is -0.410. The number of hydrogen-bond acceptors (Lipinski definition) is 4. The Balaban J connectivity index is 1.59. The number of benzene rings is 4. The highest BCUT2D eigenvalue weighted by Gasteiger charge is 2.17. The van der Waals surface area contributed by atoms with Crippen molar-refractivity contribution >= 4 is 11.6 Å². The van der Waals surface area contributed by atoms with Gasteiger partial charge in [-0.15, -0.1) is 0 Å². The third-order valence-electron chi connectivity index (χ3n) is 4.93. The summed E-state index contributed by atoms with van der Waals surface area (Å²) in [5, 5.41) is 0. The molecule has 0 bridgehead atoms. The second-order valence-electron chi connectivity index (χ2n) is 7.85. The van der Waals surface area contributed by atoms with Crippen LogP contribution >= 0.6 is 0 Å². The first kappa shape index (κ1) is 22.2. The van der Waals surface area contributed by atoms with E-state index in [1.807, 2.05) is 124 Å². The minimum Gasteiger partial charge on any atom is -0.481 e. The summed E-state index contributed by atoms with van der Waals surface area (Å²) in [4.78, 5) is 4.76. The van der Waals surface area contributed by atoms with Crippen molar-refractivity contribution in [1.82, 2.24) is 0 Å². The molecule has 4 rings (SSSR count). The summed E-state index contributed by atoms with van der Waals surface area (Å²) >= 11 is 0. The van der Waals surface area contributed by atoms with E-state index in [1.165, 1.54) is 5.56 Å². The zero-order chi connectivity index (χ0) is 23.0. The minimum absolute atomic E-state index is 0.410. The normalized spacial score (nSPS) is 12.2. The maximum atomic E-state index is 6.24. The van der Waals surface area contributed by atoms with Crippen LogP contribution in [0.2, 0.25) is 0 Å². The van der Waals surface area contributed by atoms with Gasteiger partial charge in [0, 0.05) is 6.07 Å². The molecular formula is C29H27NO3. The first-order chi connectivity index (χ1) is 16.0. The highest BCUT2D eigenvalue weighted by Crippen LogP contribution is 2.26. The number of hydrogen-bond donors (Lipinski definition) is 0. The molecule has 0 spiro atoms. The lowest BCUT2D eigenvalue weighted by Gasteiger charge is -2.18. The molecule has 33 heavy (non-hydrogen) atoms. The van der Waals surface area contributed by atoms with E-state index in [0.29, 0.717) is 17.4 Å². The highest BCUT2D eigenvalue weighted by atomic mass is 16.5. The number of aryl methyl sites for hydroxylation is 2. The maximum Gasteiger partial charge on any atom is 0.236 e. The van der Waals surface area contributed by atoms with Crippen LogP contribution in [0, 0.1) is 13.8 Å². The van der Waals surface area contributed by atoms with Crippen molar-refractivity contribution in [3.8, 4) is 23.0 Å². The molecule has 0 saturated carbocycles.